The number of hydrogen-bond donors (Lipinski definition) is 1. The summed E-state index contributed by atoms with van der Waals surface area (Å²) in [6.45, 7) is 4.79. The first kappa shape index (κ1) is 14.7. The van der Waals surface area contributed by atoms with Gasteiger partial charge in [-0.1, -0.05) is 36.9 Å². The highest BCUT2D eigenvalue weighted by Gasteiger charge is 2.37. The Morgan fingerprint density at radius 2 is 1.84 bits per heavy atom. The van der Waals surface area contributed by atoms with E-state index in [1.54, 1.807) is 7.11 Å². The number of hydrogen-bond acceptors (Lipinski definition) is 2. The second kappa shape index (κ2) is 5.72. The molecule has 19 heavy (non-hydrogen) atoms. The smallest absolute Gasteiger partial charge is 0.127 e. The molecule has 0 saturated heterocycles. The van der Waals surface area contributed by atoms with E-state index in [1.165, 1.54) is 19.3 Å². The van der Waals surface area contributed by atoms with Crippen LogP contribution < -0.4 is 10.5 Å². The zero-order valence-electron chi connectivity index (χ0n) is 12.2. The van der Waals surface area contributed by atoms with Crippen LogP contribution in [0.2, 0.25) is 5.02 Å². The Balaban J connectivity index is 2.64. The van der Waals surface area contributed by atoms with Crippen LogP contribution in [0.4, 0.5) is 0 Å². The van der Waals surface area contributed by atoms with Crippen LogP contribution in [0.3, 0.4) is 0 Å². The molecule has 2 rings (SSSR count). The van der Waals surface area contributed by atoms with Crippen molar-refractivity contribution < 1.29 is 4.74 Å². The molecule has 0 amide bonds. The number of nitrogens with two attached hydrogens (primary N) is 1. The number of methoxy groups -OCH3 is 1. The van der Waals surface area contributed by atoms with Gasteiger partial charge in [0.15, 0.2) is 0 Å². The molecule has 0 unspecified atom stereocenters. The minimum Gasteiger partial charge on any atom is -0.496 e. The maximum absolute atomic E-state index is 6.62. The molecule has 1 aliphatic rings. The molecule has 1 fully saturated rings. The first-order valence-corrected chi connectivity index (χ1v) is 7.48. The van der Waals surface area contributed by atoms with Crippen molar-refractivity contribution in [3.63, 3.8) is 0 Å². The molecule has 0 aromatic heterocycles. The molecule has 0 aliphatic heterocycles. The molecule has 0 bridgehead atoms. The molecule has 2 nitrogen and oxygen atoms in total. The normalized spacial score (nSPS) is 18.4. The van der Waals surface area contributed by atoms with E-state index >= 15 is 0 Å². The summed E-state index contributed by atoms with van der Waals surface area (Å²) in [7, 11) is 1.73. The molecule has 2 N–H and O–H groups in total. The van der Waals surface area contributed by atoms with Gasteiger partial charge in [0.2, 0.25) is 0 Å². The zero-order chi connectivity index (χ0) is 14.0. The Morgan fingerprint density at radius 1 is 1.21 bits per heavy atom. The third kappa shape index (κ3) is 2.48. The van der Waals surface area contributed by atoms with Gasteiger partial charge in [-0.3, -0.25) is 0 Å². The number of aryl methyl sites for hydroxylation is 2. The van der Waals surface area contributed by atoms with Gasteiger partial charge in [0.05, 0.1) is 12.1 Å². The van der Waals surface area contributed by atoms with Crippen LogP contribution in [-0.4, -0.2) is 13.7 Å². The minimum absolute atomic E-state index is 0.00252. The van der Waals surface area contributed by atoms with Gasteiger partial charge in [-0.25, -0.2) is 0 Å². The van der Waals surface area contributed by atoms with Crippen molar-refractivity contribution in [1.29, 1.82) is 0 Å². The fourth-order valence-corrected chi connectivity index (χ4v) is 3.81. The first-order valence-electron chi connectivity index (χ1n) is 7.10. The average Bonchev–Trinajstić information content (AvgIpc) is 2.43. The molecule has 0 atom stereocenters. The van der Waals surface area contributed by atoms with Crippen LogP contribution in [0.5, 0.6) is 5.75 Å². The topological polar surface area (TPSA) is 35.2 Å². The number of benzene rings is 1. The van der Waals surface area contributed by atoms with Crippen LogP contribution in [0, 0.1) is 13.8 Å². The van der Waals surface area contributed by atoms with Gasteiger partial charge in [0, 0.05) is 17.5 Å². The highest BCUT2D eigenvalue weighted by Crippen LogP contribution is 2.47. The van der Waals surface area contributed by atoms with Crippen molar-refractivity contribution in [2.45, 2.75) is 51.4 Å². The summed E-state index contributed by atoms with van der Waals surface area (Å²) in [5.41, 5.74) is 9.57. The molecule has 1 aliphatic carbocycles. The van der Waals surface area contributed by atoms with E-state index in [0.29, 0.717) is 6.54 Å². The van der Waals surface area contributed by atoms with Crippen molar-refractivity contribution in [3.8, 4) is 5.75 Å². The lowest BCUT2D eigenvalue weighted by atomic mass is 9.68. The van der Waals surface area contributed by atoms with Crippen molar-refractivity contribution in [1.82, 2.24) is 0 Å². The van der Waals surface area contributed by atoms with Crippen LogP contribution in [0.1, 0.15) is 48.8 Å². The molecular formula is C16H24ClNO. The fraction of sp³-hybridized carbons (Fsp3) is 0.625. The molecular weight excluding hydrogens is 258 g/mol. The molecule has 0 spiro atoms. The molecule has 1 aromatic carbocycles. The summed E-state index contributed by atoms with van der Waals surface area (Å²) in [6, 6.07) is 2.09. The van der Waals surface area contributed by atoms with Crippen molar-refractivity contribution >= 4 is 11.6 Å². The number of rotatable bonds is 3. The maximum Gasteiger partial charge on any atom is 0.127 e. The highest BCUT2D eigenvalue weighted by atomic mass is 35.5. The lowest BCUT2D eigenvalue weighted by molar-refractivity contribution is 0.287. The first-order chi connectivity index (χ1) is 9.05. The molecule has 3 heteroatoms. The van der Waals surface area contributed by atoms with Crippen LogP contribution in [-0.2, 0) is 5.41 Å². The van der Waals surface area contributed by atoms with Gasteiger partial charge in [-0.2, -0.15) is 0 Å². The summed E-state index contributed by atoms with van der Waals surface area (Å²) in [4.78, 5) is 0. The summed E-state index contributed by atoms with van der Waals surface area (Å²) in [5, 5.41) is 0.842. The van der Waals surface area contributed by atoms with Gasteiger partial charge < -0.3 is 10.5 Å². The summed E-state index contributed by atoms with van der Waals surface area (Å²) < 4.78 is 5.65. The Bertz CT molecular complexity index is 464. The van der Waals surface area contributed by atoms with E-state index in [-0.39, 0.29) is 5.41 Å². The predicted octanol–water partition coefficient (Wildman–Crippen LogP) is 4.13. The molecule has 0 radical (unpaired) electrons. The van der Waals surface area contributed by atoms with E-state index in [4.69, 9.17) is 22.1 Å². The van der Waals surface area contributed by atoms with Gasteiger partial charge in [0.1, 0.15) is 5.75 Å². The minimum atomic E-state index is -0.00252. The summed E-state index contributed by atoms with van der Waals surface area (Å²) in [5.74, 6) is 0.933. The fourth-order valence-electron chi connectivity index (χ4n) is 3.47. The van der Waals surface area contributed by atoms with Crippen molar-refractivity contribution in [2.75, 3.05) is 13.7 Å². The lowest BCUT2D eigenvalue weighted by Gasteiger charge is -2.39. The lowest BCUT2D eigenvalue weighted by Crippen LogP contribution is -2.38. The Kier molecular flexibility index (Phi) is 4.42. The second-order valence-electron chi connectivity index (χ2n) is 5.78. The van der Waals surface area contributed by atoms with Gasteiger partial charge in [0.25, 0.3) is 0 Å². The Labute approximate surface area is 121 Å². The van der Waals surface area contributed by atoms with Crippen molar-refractivity contribution in [2.24, 2.45) is 5.73 Å². The Morgan fingerprint density at radius 3 is 2.37 bits per heavy atom. The van der Waals surface area contributed by atoms with Crippen LogP contribution in [0.15, 0.2) is 6.07 Å². The van der Waals surface area contributed by atoms with Gasteiger partial charge >= 0.3 is 0 Å². The van der Waals surface area contributed by atoms with Gasteiger partial charge in [-0.15, -0.1) is 0 Å². The van der Waals surface area contributed by atoms with Crippen LogP contribution >= 0.6 is 11.6 Å². The third-order valence-corrected chi connectivity index (χ3v) is 5.01. The summed E-state index contributed by atoms with van der Waals surface area (Å²) >= 11 is 6.62. The number of halogens is 1. The molecule has 106 valence electrons. The quantitative estimate of drug-likeness (QED) is 0.904. The van der Waals surface area contributed by atoms with Crippen LogP contribution in [0.25, 0.3) is 0 Å². The summed E-state index contributed by atoms with van der Waals surface area (Å²) in [6.07, 6.45) is 5.98. The van der Waals surface area contributed by atoms with Gasteiger partial charge in [-0.05, 0) is 37.8 Å². The average molecular weight is 282 g/mol. The zero-order valence-corrected chi connectivity index (χ0v) is 12.9. The van der Waals surface area contributed by atoms with Crippen molar-refractivity contribution in [3.05, 3.63) is 27.8 Å². The maximum atomic E-state index is 6.62. The standard InChI is InChI=1S/C16H24ClNO/c1-11-9-12(2)15(19-3)13(14(11)17)16(10-18)7-5-4-6-8-16/h9H,4-8,10,18H2,1-3H3. The van der Waals surface area contributed by atoms with E-state index < -0.39 is 0 Å². The number of ether oxygens (including phenoxy) is 1. The second-order valence-corrected chi connectivity index (χ2v) is 6.16. The van der Waals surface area contributed by atoms with E-state index in [1.807, 2.05) is 0 Å². The molecule has 1 saturated carbocycles. The largest absolute Gasteiger partial charge is 0.496 e. The Hall–Kier alpha value is -0.730. The highest BCUT2D eigenvalue weighted by molar-refractivity contribution is 6.32. The molecule has 1 aromatic rings. The van der Waals surface area contributed by atoms with E-state index in [9.17, 15) is 0 Å². The van der Waals surface area contributed by atoms with E-state index in [0.717, 1.165) is 40.3 Å². The predicted molar refractivity (Wildman–Crippen MR) is 81.3 cm³/mol. The SMILES string of the molecule is COc1c(C)cc(C)c(Cl)c1C1(CN)CCCCC1. The third-order valence-electron chi connectivity index (χ3n) is 4.52. The molecule has 0 heterocycles. The van der Waals surface area contributed by atoms with E-state index in [2.05, 4.69) is 19.9 Å². The monoisotopic (exact) mass is 281 g/mol.